The van der Waals surface area contributed by atoms with Gasteiger partial charge >= 0.3 is 0 Å². The molecule has 29 heavy (non-hydrogen) atoms. The molecule has 2 aliphatic rings. The van der Waals surface area contributed by atoms with Crippen molar-refractivity contribution in [1.82, 2.24) is 15.2 Å². The largest absolute Gasteiger partial charge is 0.378 e. The van der Waals surface area contributed by atoms with Crippen LogP contribution in [-0.4, -0.2) is 67.6 Å². The lowest BCUT2D eigenvalue weighted by atomic mass is 10.1. The van der Waals surface area contributed by atoms with E-state index >= 15 is 0 Å². The van der Waals surface area contributed by atoms with Gasteiger partial charge in [-0.05, 0) is 37.5 Å². The van der Waals surface area contributed by atoms with Crippen molar-refractivity contribution in [2.75, 3.05) is 50.8 Å². The molecule has 0 unspecified atom stereocenters. The van der Waals surface area contributed by atoms with Gasteiger partial charge in [0.15, 0.2) is 0 Å². The number of pyridine rings is 1. The number of aromatic nitrogens is 1. The second-order valence-corrected chi connectivity index (χ2v) is 8.30. The van der Waals surface area contributed by atoms with E-state index in [1.165, 1.54) is 17.8 Å². The zero-order valence-electron chi connectivity index (χ0n) is 16.4. The molecule has 0 aromatic carbocycles. The number of piperidine rings is 1. The maximum absolute atomic E-state index is 12.8. The zero-order chi connectivity index (χ0) is 20.1. The van der Waals surface area contributed by atoms with E-state index in [-0.39, 0.29) is 18.4 Å². The Kier molecular flexibility index (Phi) is 6.41. The van der Waals surface area contributed by atoms with Gasteiger partial charge < -0.3 is 19.9 Å². The Balaban J connectivity index is 1.50. The van der Waals surface area contributed by atoms with Crippen LogP contribution in [-0.2, 0) is 9.53 Å². The van der Waals surface area contributed by atoms with Gasteiger partial charge in [-0.3, -0.25) is 14.6 Å². The summed E-state index contributed by atoms with van der Waals surface area (Å²) in [5.74, 6) is -0.218. The van der Waals surface area contributed by atoms with E-state index in [1.807, 2.05) is 29.2 Å². The topological polar surface area (TPSA) is 74.8 Å². The lowest BCUT2D eigenvalue weighted by molar-refractivity contribution is -0.130. The normalized spacial score (nSPS) is 17.2. The maximum Gasteiger partial charge on any atom is 0.261 e. The molecule has 0 spiro atoms. The lowest BCUT2D eigenvalue weighted by Crippen LogP contribution is -2.42. The summed E-state index contributed by atoms with van der Waals surface area (Å²) in [6, 6.07) is 7.66. The molecule has 1 N–H and O–H groups in total. The minimum atomic E-state index is -0.211. The first kappa shape index (κ1) is 19.8. The predicted octanol–water partition coefficient (Wildman–Crippen LogP) is 2.39. The second kappa shape index (κ2) is 9.37. The van der Waals surface area contributed by atoms with Gasteiger partial charge in [-0.15, -0.1) is 11.3 Å². The number of carbonyl (C=O) groups is 2. The highest BCUT2D eigenvalue weighted by molar-refractivity contribution is 7.18. The third kappa shape index (κ3) is 4.76. The van der Waals surface area contributed by atoms with Crippen molar-refractivity contribution < 1.29 is 14.3 Å². The van der Waals surface area contributed by atoms with Crippen LogP contribution >= 0.6 is 11.3 Å². The minimum absolute atomic E-state index is 0.00652. The van der Waals surface area contributed by atoms with Crippen molar-refractivity contribution in [2.45, 2.75) is 19.3 Å². The molecule has 0 radical (unpaired) electrons. The molecule has 4 rings (SSSR count). The third-order valence-electron chi connectivity index (χ3n) is 5.28. The molecule has 2 fully saturated rings. The van der Waals surface area contributed by atoms with E-state index in [4.69, 9.17) is 4.74 Å². The van der Waals surface area contributed by atoms with Crippen molar-refractivity contribution in [1.29, 1.82) is 0 Å². The summed E-state index contributed by atoms with van der Waals surface area (Å²) in [5.41, 5.74) is 1.79. The van der Waals surface area contributed by atoms with Crippen molar-refractivity contribution >= 4 is 28.2 Å². The lowest BCUT2D eigenvalue weighted by Gasteiger charge is -2.28. The molecule has 0 atom stereocenters. The molecule has 2 aromatic heterocycles. The van der Waals surface area contributed by atoms with E-state index in [0.717, 1.165) is 55.3 Å². The zero-order valence-corrected chi connectivity index (χ0v) is 17.2. The number of hydrogen-bond acceptors (Lipinski definition) is 6. The van der Waals surface area contributed by atoms with Crippen LogP contribution in [0.25, 0.3) is 11.3 Å². The van der Waals surface area contributed by atoms with Crippen molar-refractivity contribution in [3.8, 4) is 11.3 Å². The molecule has 154 valence electrons. The fourth-order valence-corrected chi connectivity index (χ4v) is 4.83. The van der Waals surface area contributed by atoms with Gasteiger partial charge in [0.1, 0.15) is 5.00 Å². The Labute approximate surface area is 174 Å². The Morgan fingerprint density at radius 3 is 2.62 bits per heavy atom. The first-order chi connectivity index (χ1) is 14.2. The van der Waals surface area contributed by atoms with Crippen LogP contribution < -0.4 is 10.2 Å². The quantitative estimate of drug-likeness (QED) is 0.813. The maximum atomic E-state index is 12.8. The summed E-state index contributed by atoms with van der Waals surface area (Å²) in [5, 5.41) is 3.83. The molecule has 2 saturated heterocycles. The van der Waals surface area contributed by atoms with Crippen LogP contribution in [0.1, 0.15) is 28.9 Å². The monoisotopic (exact) mass is 414 g/mol. The number of hydrogen-bond donors (Lipinski definition) is 1. The van der Waals surface area contributed by atoms with Gasteiger partial charge in [-0.2, -0.15) is 0 Å². The van der Waals surface area contributed by atoms with Crippen molar-refractivity contribution in [2.24, 2.45) is 0 Å². The molecule has 0 bridgehead atoms. The highest BCUT2D eigenvalue weighted by Gasteiger charge is 2.23. The standard InChI is InChI=1S/C21H26N4O3S/c26-19(24-8-4-1-5-9-24)15-23-20(27)18-14-16(17-6-2-3-7-22-17)21(29-18)25-10-12-28-13-11-25/h2-3,6-7,14H,1,4-5,8-13,15H2,(H,23,27). The SMILES string of the molecule is O=C(NCC(=O)N1CCCCC1)c1cc(-c2ccccn2)c(N2CCOCC2)s1. The molecule has 4 heterocycles. The number of likely N-dealkylation sites (tertiary alicyclic amines) is 1. The highest BCUT2D eigenvalue weighted by atomic mass is 32.1. The molecule has 2 aliphatic heterocycles. The fraction of sp³-hybridized carbons (Fsp3) is 0.476. The van der Waals surface area contributed by atoms with Gasteiger partial charge in [0.25, 0.3) is 5.91 Å². The Bertz CT molecular complexity index is 843. The average Bonchev–Trinajstić information content (AvgIpc) is 3.25. The fourth-order valence-electron chi connectivity index (χ4n) is 3.70. The van der Waals surface area contributed by atoms with E-state index in [0.29, 0.717) is 18.1 Å². The van der Waals surface area contributed by atoms with Crippen LogP contribution in [0.4, 0.5) is 5.00 Å². The second-order valence-electron chi connectivity index (χ2n) is 7.27. The number of amides is 2. The summed E-state index contributed by atoms with van der Waals surface area (Å²) in [7, 11) is 0. The van der Waals surface area contributed by atoms with Crippen LogP contribution in [0.15, 0.2) is 30.5 Å². The smallest absolute Gasteiger partial charge is 0.261 e. The summed E-state index contributed by atoms with van der Waals surface area (Å²) >= 11 is 1.45. The third-order valence-corrected chi connectivity index (χ3v) is 6.48. The van der Waals surface area contributed by atoms with E-state index < -0.39 is 0 Å². The summed E-state index contributed by atoms with van der Waals surface area (Å²) in [4.78, 5) is 34.3. The minimum Gasteiger partial charge on any atom is -0.378 e. The Morgan fingerprint density at radius 1 is 1.10 bits per heavy atom. The number of anilines is 1. The molecule has 0 saturated carbocycles. The molecule has 8 heteroatoms. The van der Waals surface area contributed by atoms with E-state index in [1.54, 1.807) is 6.20 Å². The van der Waals surface area contributed by atoms with Gasteiger partial charge in [0, 0.05) is 37.9 Å². The first-order valence-electron chi connectivity index (χ1n) is 10.2. The average molecular weight is 415 g/mol. The summed E-state index contributed by atoms with van der Waals surface area (Å²) < 4.78 is 5.47. The summed E-state index contributed by atoms with van der Waals surface area (Å²) in [6.45, 7) is 4.54. The number of carbonyl (C=O) groups excluding carboxylic acids is 2. The molecular weight excluding hydrogens is 388 g/mol. The van der Waals surface area contributed by atoms with Crippen LogP contribution in [0.2, 0.25) is 0 Å². The number of ether oxygens (including phenoxy) is 1. The summed E-state index contributed by atoms with van der Waals surface area (Å²) in [6.07, 6.45) is 5.01. The molecule has 2 aromatic rings. The first-order valence-corrected chi connectivity index (χ1v) is 11.0. The molecule has 2 amide bonds. The van der Waals surface area contributed by atoms with Crippen LogP contribution in [0, 0.1) is 0 Å². The number of thiophene rings is 1. The van der Waals surface area contributed by atoms with Gasteiger partial charge in [0.2, 0.25) is 5.91 Å². The van der Waals surface area contributed by atoms with Gasteiger partial charge in [-0.25, -0.2) is 0 Å². The number of nitrogens with zero attached hydrogens (tertiary/aromatic N) is 3. The Morgan fingerprint density at radius 2 is 1.90 bits per heavy atom. The van der Waals surface area contributed by atoms with Gasteiger partial charge in [-0.1, -0.05) is 6.07 Å². The molecule has 0 aliphatic carbocycles. The predicted molar refractivity (Wildman–Crippen MR) is 113 cm³/mol. The molecular formula is C21H26N4O3S. The van der Waals surface area contributed by atoms with E-state index in [9.17, 15) is 9.59 Å². The van der Waals surface area contributed by atoms with Gasteiger partial charge in [0.05, 0.1) is 30.3 Å². The van der Waals surface area contributed by atoms with Crippen molar-refractivity contribution in [3.63, 3.8) is 0 Å². The van der Waals surface area contributed by atoms with Crippen molar-refractivity contribution in [3.05, 3.63) is 35.3 Å². The van der Waals surface area contributed by atoms with Crippen LogP contribution in [0.3, 0.4) is 0 Å². The number of morpholine rings is 1. The van der Waals surface area contributed by atoms with Crippen LogP contribution in [0.5, 0.6) is 0 Å². The molecule has 7 nitrogen and oxygen atoms in total. The number of rotatable bonds is 5. The highest BCUT2D eigenvalue weighted by Crippen LogP contribution is 2.38. The number of nitrogens with one attached hydrogen (secondary N) is 1. The Hall–Kier alpha value is -2.45. The van der Waals surface area contributed by atoms with E-state index in [2.05, 4.69) is 15.2 Å².